The second-order valence-corrected chi connectivity index (χ2v) is 5.98. The van der Waals surface area contributed by atoms with Gasteiger partial charge >= 0.3 is 0 Å². The molecule has 12 heavy (non-hydrogen) atoms. The lowest BCUT2D eigenvalue weighted by Crippen LogP contribution is -2.45. The van der Waals surface area contributed by atoms with Crippen molar-refractivity contribution in [1.29, 1.82) is 0 Å². The molecule has 2 rings (SSSR count). The van der Waals surface area contributed by atoms with Crippen LogP contribution in [0.2, 0.25) is 0 Å². The van der Waals surface area contributed by atoms with Gasteiger partial charge < -0.3 is 5.32 Å². The van der Waals surface area contributed by atoms with Crippen molar-refractivity contribution in [2.75, 3.05) is 17.8 Å². The molecule has 2 aliphatic rings. The molecule has 0 radical (unpaired) electrons. The van der Waals surface area contributed by atoms with Gasteiger partial charge in [0, 0.05) is 28.8 Å². The third-order valence-electron chi connectivity index (χ3n) is 2.83. The molecule has 0 bridgehead atoms. The maximum atomic E-state index is 3.75. The number of hydrogen-bond acceptors (Lipinski definition) is 3. The van der Waals surface area contributed by atoms with Gasteiger partial charge in [-0.05, 0) is 25.5 Å². The van der Waals surface area contributed by atoms with Crippen molar-refractivity contribution in [3.8, 4) is 0 Å². The van der Waals surface area contributed by atoms with E-state index in [0.717, 1.165) is 17.3 Å². The summed E-state index contributed by atoms with van der Waals surface area (Å²) >= 11 is 4.11. The summed E-state index contributed by atoms with van der Waals surface area (Å²) in [6.07, 6.45) is 6.49. The van der Waals surface area contributed by atoms with Crippen LogP contribution >= 0.6 is 23.5 Å². The molecule has 2 fully saturated rings. The zero-order valence-electron chi connectivity index (χ0n) is 7.58. The Bertz CT molecular complexity index is 147. The van der Waals surface area contributed by atoms with Gasteiger partial charge in [-0.15, -0.1) is 0 Å². The Balaban J connectivity index is 1.68. The molecule has 1 nitrogen and oxygen atoms in total. The van der Waals surface area contributed by atoms with Crippen LogP contribution < -0.4 is 5.32 Å². The van der Waals surface area contributed by atoms with Gasteiger partial charge in [0.05, 0.1) is 0 Å². The van der Waals surface area contributed by atoms with Crippen LogP contribution in [0.1, 0.15) is 19.3 Å². The fourth-order valence-electron chi connectivity index (χ4n) is 1.97. The van der Waals surface area contributed by atoms with Gasteiger partial charge in [-0.3, -0.25) is 0 Å². The lowest BCUT2D eigenvalue weighted by molar-refractivity contribution is 0.469. The van der Waals surface area contributed by atoms with E-state index in [1.54, 1.807) is 0 Å². The summed E-state index contributed by atoms with van der Waals surface area (Å²) in [6, 6.07) is 1.69. The fraction of sp³-hybridized carbons (Fsp3) is 1.00. The fourth-order valence-corrected chi connectivity index (χ4v) is 3.43. The van der Waals surface area contributed by atoms with Crippen molar-refractivity contribution >= 4 is 23.5 Å². The van der Waals surface area contributed by atoms with E-state index in [0.29, 0.717) is 0 Å². The van der Waals surface area contributed by atoms with E-state index in [1.165, 1.54) is 30.8 Å². The highest BCUT2D eigenvalue weighted by atomic mass is 32.2. The zero-order valence-corrected chi connectivity index (χ0v) is 9.22. The van der Waals surface area contributed by atoms with Crippen molar-refractivity contribution in [2.45, 2.75) is 36.6 Å². The molecule has 1 saturated carbocycles. The standard InChI is InChI=1S/C9H17NS2/c1-11-9-3-2-7(4-9)10-8-5-12-6-8/h7-10H,2-6H2,1H3. The van der Waals surface area contributed by atoms with Gasteiger partial charge in [0.1, 0.15) is 0 Å². The van der Waals surface area contributed by atoms with E-state index in [-0.39, 0.29) is 0 Å². The Morgan fingerprint density at radius 2 is 2.08 bits per heavy atom. The Labute approximate surface area is 83.4 Å². The molecule has 1 aliphatic heterocycles. The van der Waals surface area contributed by atoms with Crippen LogP contribution in [0.5, 0.6) is 0 Å². The first-order chi connectivity index (χ1) is 5.88. The van der Waals surface area contributed by atoms with Crippen LogP contribution in [0.4, 0.5) is 0 Å². The van der Waals surface area contributed by atoms with Crippen molar-refractivity contribution in [3.63, 3.8) is 0 Å². The lowest BCUT2D eigenvalue weighted by atomic mass is 10.2. The van der Waals surface area contributed by atoms with Crippen LogP contribution in [-0.4, -0.2) is 35.1 Å². The van der Waals surface area contributed by atoms with Crippen LogP contribution in [-0.2, 0) is 0 Å². The quantitative estimate of drug-likeness (QED) is 0.753. The Hall–Kier alpha value is 0.660. The van der Waals surface area contributed by atoms with E-state index >= 15 is 0 Å². The van der Waals surface area contributed by atoms with Gasteiger partial charge in [0.25, 0.3) is 0 Å². The molecular formula is C9H17NS2. The molecule has 1 heterocycles. The predicted octanol–water partition coefficient (Wildman–Crippen LogP) is 1.98. The maximum absolute atomic E-state index is 3.75. The average Bonchev–Trinajstić information content (AvgIpc) is 2.44. The third-order valence-corrected chi connectivity index (χ3v) is 5.20. The Kier molecular flexibility index (Phi) is 3.27. The van der Waals surface area contributed by atoms with Gasteiger partial charge in [0.15, 0.2) is 0 Å². The smallest absolute Gasteiger partial charge is 0.0251 e. The van der Waals surface area contributed by atoms with Crippen LogP contribution in [0.3, 0.4) is 0 Å². The SMILES string of the molecule is CSC1CCC(NC2CSC2)C1. The predicted molar refractivity (Wildman–Crippen MR) is 59.2 cm³/mol. The molecule has 0 aromatic heterocycles. The van der Waals surface area contributed by atoms with Gasteiger partial charge in [-0.1, -0.05) is 0 Å². The highest BCUT2D eigenvalue weighted by Gasteiger charge is 2.27. The largest absolute Gasteiger partial charge is 0.310 e. The van der Waals surface area contributed by atoms with E-state index in [4.69, 9.17) is 0 Å². The summed E-state index contributed by atoms with van der Waals surface area (Å²) in [5.74, 6) is 2.70. The monoisotopic (exact) mass is 203 g/mol. The number of rotatable bonds is 3. The Morgan fingerprint density at radius 3 is 2.58 bits per heavy atom. The van der Waals surface area contributed by atoms with Crippen LogP contribution in [0.25, 0.3) is 0 Å². The Morgan fingerprint density at radius 1 is 1.25 bits per heavy atom. The number of thioether (sulfide) groups is 2. The van der Waals surface area contributed by atoms with Gasteiger partial charge in [0.2, 0.25) is 0 Å². The van der Waals surface area contributed by atoms with Crippen molar-refractivity contribution in [2.24, 2.45) is 0 Å². The second-order valence-electron chi connectivity index (χ2n) is 3.77. The van der Waals surface area contributed by atoms with Crippen molar-refractivity contribution < 1.29 is 0 Å². The molecule has 1 saturated heterocycles. The minimum absolute atomic E-state index is 0.841. The first-order valence-corrected chi connectivity index (χ1v) is 7.19. The summed E-state index contributed by atoms with van der Waals surface area (Å²) in [7, 11) is 0. The minimum atomic E-state index is 0.841. The van der Waals surface area contributed by atoms with Crippen molar-refractivity contribution in [1.82, 2.24) is 5.32 Å². The summed E-state index contributed by atoms with van der Waals surface area (Å²) in [5.41, 5.74) is 0. The molecule has 3 heteroatoms. The molecule has 70 valence electrons. The molecule has 1 N–H and O–H groups in total. The highest BCUT2D eigenvalue weighted by Crippen LogP contribution is 2.29. The minimum Gasteiger partial charge on any atom is -0.310 e. The third kappa shape index (κ3) is 2.12. The normalized spacial score (nSPS) is 36.8. The number of hydrogen-bond donors (Lipinski definition) is 1. The second kappa shape index (κ2) is 4.25. The summed E-state index contributed by atoms with van der Waals surface area (Å²) in [6.45, 7) is 0. The molecule has 2 unspecified atom stereocenters. The molecule has 0 aromatic rings. The topological polar surface area (TPSA) is 12.0 Å². The zero-order chi connectivity index (χ0) is 8.39. The molecule has 2 atom stereocenters. The van der Waals surface area contributed by atoms with Gasteiger partial charge in [-0.25, -0.2) is 0 Å². The first-order valence-electron chi connectivity index (χ1n) is 4.75. The van der Waals surface area contributed by atoms with Crippen molar-refractivity contribution in [3.05, 3.63) is 0 Å². The molecule has 0 amide bonds. The van der Waals surface area contributed by atoms with E-state index in [9.17, 15) is 0 Å². The van der Waals surface area contributed by atoms with E-state index < -0.39 is 0 Å². The van der Waals surface area contributed by atoms with Gasteiger partial charge in [-0.2, -0.15) is 23.5 Å². The number of nitrogens with one attached hydrogen (secondary N) is 1. The molecule has 0 aromatic carbocycles. The molecule has 0 spiro atoms. The summed E-state index contributed by atoms with van der Waals surface area (Å²) in [5, 5.41) is 4.69. The molecule has 1 aliphatic carbocycles. The van der Waals surface area contributed by atoms with E-state index in [2.05, 4.69) is 23.3 Å². The summed E-state index contributed by atoms with van der Waals surface area (Å²) in [4.78, 5) is 0. The van der Waals surface area contributed by atoms with E-state index in [1.807, 2.05) is 11.8 Å². The van der Waals surface area contributed by atoms with Crippen LogP contribution in [0, 0.1) is 0 Å². The lowest BCUT2D eigenvalue weighted by Gasteiger charge is -2.29. The molecular weight excluding hydrogens is 186 g/mol. The summed E-state index contributed by atoms with van der Waals surface area (Å²) < 4.78 is 0. The first kappa shape index (κ1) is 9.22. The highest BCUT2D eigenvalue weighted by molar-refractivity contribution is 8.00. The maximum Gasteiger partial charge on any atom is 0.0251 e. The average molecular weight is 203 g/mol. The van der Waals surface area contributed by atoms with Crippen LogP contribution in [0.15, 0.2) is 0 Å².